The van der Waals surface area contributed by atoms with Crippen molar-refractivity contribution in [2.75, 3.05) is 25.2 Å². The first-order valence-corrected chi connectivity index (χ1v) is 9.03. The van der Waals surface area contributed by atoms with Gasteiger partial charge in [-0.05, 0) is 48.7 Å². The molecule has 0 aliphatic carbocycles. The van der Waals surface area contributed by atoms with Crippen LogP contribution in [0.15, 0.2) is 36.4 Å². The molecule has 2 aromatic carbocycles. The first-order chi connectivity index (χ1) is 11.8. The molecule has 124 valence electrons. The molecule has 0 N–H and O–H groups in total. The zero-order chi connectivity index (χ0) is 16.5. The topological polar surface area (TPSA) is 34.6 Å². The van der Waals surface area contributed by atoms with Gasteiger partial charge in [-0.1, -0.05) is 23.5 Å². The Morgan fingerprint density at radius 1 is 1.21 bits per heavy atom. The molecular formula is C19H20N2O2S. The summed E-state index contributed by atoms with van der Waals surface area (Å²) in [5, 5.41) is 1.07. The van der Waals surface area contributed by atoms with Gasteiger partial charge in [-0.15, -0.1) is 0 Å². The smallest absolute Gasteiger partial charge is 0.186 e. The normalized spacial score (nSPS) is 13.8. The standard InChI is InChI=1S/C19H20N2O2S/c1-3-23-16-5-4-6-17-18(16)20-19(24-17)21-10-9-13-11-15(22-2)8-7-14(13)12-21/h4-8,11H,3,9-10,12H2,1-2H3. The highest BCUT2D eigenvalue weighted by Gasteiger charge is 2.20. The number of anilines is 1. The highest BCUT2D eigenvalue weighted by atomic mass is 32.1. The van der Waals surface area contributed by atoms with Gasteiger partial charge in [-0.2, -0.15) is 0 Å². The van der Waals surface area contributed by atoms with E-state index in [1.54, 1.807) is 18.4 Å². The minimum absolute atomic E-state index is 0.658. The zero-order valence-electron chi connectivity index (χ0n) is 13.9. The molecule has 4 rings (SSSR count). The SMILES string of the molecule is CCOc1cccc2sc(N3CCc4cc(OC)ccc4C3)nc12. The van der Waals surface area contributed by atoms with E-state index < -0.39 is 0 Å². The molecular weight excluding hydrogens is 320 g/mol. The van der Waals surface area contributed by atoms with Gasteiger partial charge < -0.3 is 14.4 Å². The maximum Gasteiger partial charge on any atom is 0.186 e. The fourth-order valence-corrected chi connectivity index (χ4v) is 4.15. The van der Waals surface area contributed by atoms with Gasteiger partial charge in [-0.3, -0.25) is 0 Å². The predicted octanol–water partition coefficient (Wildman–Crippen LogP) is 4.27. The lowest BCUT2D eigenvalue weighted by molar-refractivity contribution is 0.344. The number of hydrogen-bond acceptors (Lipinski definition) is 5. The number of fused-ring (bicyclic) bond motifs is 2. The van der Waals surface area contributed by atoms with Crippen LogP contribution in [0.2, 0.25) is 0 Å². The average molecular weight is 340 g/mol. The Labute approximate surface area is 145 Å². The van der Waals surface area contributed by atoms with E-state index in [0.29, 0.717) is 6.61 Å². The summed E-state index contributed by atoms with van der Waals surface area (Å²) in [5.74, 6) is 1.81. The van der Waals surface area contributed by atoms with Gasteiger partial charge in [0.1, 0.15) is 17.0 Å². The summed E-state index contributed by atoms with van der Waals surface area (Å²) in [7, 11) is 1.72. The maximum absolute atomic E-state index is 5.71. The Balaban J connectivity index is 1.64. The number of hydrogen-bond donors (Lipinski definition) is 0. The van der Waals surface area contributed by atoms with Crippen molar-refractivity contribution in [2.45, 2.75) is 19.9 Å². The second-order valence-electron chi connectivity index (χ2n) is 5.84. The quantitative estimate of drug-likeness (QED) is 0.710. The Morgan fingerprint density at radius 3 is 2.96 bits per heavy atom. The van der Waals surface area contributed by atoms with Crippen molar-refractivity contribution >= 4 is 26.7 Å². The van der Waals surface area contributed by atoms with Gasteiger partial charge in [0, 0.05) is 13.1 Å². The molecule has 0 atom stereocenters. The summed E-state index contributed by atoms with van der Waals surface area (Å²) in [6.07, 6.45) is 1.01. The molecule has 0 bridgehead atoms. The van der Waals surface area contributed by atoms with Crippen molar-refractivity contribution in [1.29, 1.82) is 0 Å². The molecule has 1 aromatic heterocycles. The minimum Gasteiger partial charge on any atom is -0.497 e. The molecule has 0 saturated carbocycles. The van der Waals surface area contributed by atoms with Crippen LogP contribution in [0.4, 0.5) is 5.13 Å². The van der Waals surface area contributed by atoms with E-state index in [0.717, 1.165) is 41.7 Å². The van der Waals surface area contributed by atoms with Crippen molar-refractivity contribution in [1.82, 2.24) is 4.98 Å². The summed E-state index contributed by atoms with van der Waals surface area (Å²) in [6, 6.07) is 12.5. The second-order valence-corrected chi connectivity index (χ2v) is 6.85. The Kier molecular flexibility index (Phi) is 4.02. The van der Waals surface area contributed by atoms with E-state index in [1.165, 1.54) is 15.8 Å². The minimum atomic E-state index is 0.658. The Morgan fingerprint density at radius 2 is 2.12 bits per heavy atom. The largest absolute Gasteiger partial charge is 0.497 e. The van der Waals surface area contributed by atoms with Crippen LogP contribution in [0.25, 0.3) is 10.2 Å². The predicted molar refractivity (Wildman–Crippen MR) is 98.5 cm³/mol. The highest BCUT2D eigenvalue weighted by Crippen LogP contribution is 2.36. The van der Waals surface area contributed by atoms with E-state index in [4.69, 9.17) is 14.5 Å². The van der Waals surface area contributed by atoms with E-state index in [2.05, 4.69) is 23.1 Å². The molecule has 2 heterocycles. The molecule has 0 spiro atoms. The molecule has 0 fully saturated rings. The van der Waals surface area contributed by atoms with E-state index >= 15 is 0 Å². The van der Waals surface area contributed by atoms with Crippen LogP contribution in [0.5, 0.6) is 11.5 Å². The zero-order valence-corrected chi connectivity index (χ0v) is 14.7. The molecule has 0 radical (unpaired) electrons. The van der Waals surface area contributed by atoms with Crippen LogP contribution in [-0.4, -0.2) is 25.2 Å². The third kappa shape index (κ3) is 2.69. The molecule has 5 heteroatoms. The van der Waals surface area contributed by atoms with Gasteiger partial charge in [-0.25, -0.2) is 4.98 Å². The molecule has 1 aliphatic rings. The first-order valence-electron chi connectivity index (χ1n) is 8.21. The molecule has 0 unspecified atom stereocenters. The summed E-state index contributed by atoms with van der Waals surface area (Å²) in [4.78, 5) is 7.21. The fraction of sp³-hybridized carbons (Fsp3) is 0.316. The van der Waals surface area contributed by atoms with Crippen molar-refractivity contribution in [3.05, 3.63) is 47.5 Å². The first kappa shape index (κ1) is 15.3. The van der Waals surface area contributed by atoms with Crippen LogP contribution < -0.4 is 14.4 Å². The van der Waals surface area contributed by atoms with Crippen molar-refractivity contribution in [3.8, 4) is 11.5 Å². The number of rotatable bonds is 4. The van der Waals surface area contributed by atoms with E-state index in [-0.39, 0.29) is 0 Å². The molecule has 0 amide bonds. The van der Waals surface area contributed by atoms with Gasteiger partial charge in [0.15, 0.2) is 5.13 Å². The number of benzene rings is 2. The molecule has 1 aliphatic heterocycles. The van der Waals surface area contributed by atoms with Crippen LogP contribution in [-0.2, 0) is 13.0 Å². The molecule has 24 heavy (non-hydrogen) atoms. The van der Waals surface area contributed by atoms with E-state index in [1.807, 2.05) is 25.1 Å². The highest BCUT2D eigenvalue weighted by molar-refractivity contribution is 7.22. The Hall–Kier alpha value is -2.27. The van der Waals surface area contributed by atoms with Crippen molar-refractivity contribution in [3.63, 3.8) is 0 Å². The van der Waals surface area contributed by atoms with Crippen LogP contribution in [0.3, 0.4) is 0 Å². The average Bonchev–Trinajstić information content (AvgIpc) is 3.06. The number of methoxy groups -OCH3 is 1. The van der Waals surface area contributed by atoms with Crippen molar-refractivity contribution in [2.24, 2.45) is 0 Å². The summed E-state index contributed by atoms with van der Waals surface area (Å²) in [6.45, 7) is 4.53. The lowest BCUT2D eigenvalue weighted by atomic mass is 10.00. The number of aromatic nitrogens is 1. The summed E-state index contributed by atoms with van der Waals surface area (Å²) >= 11 is 1.74. The van der Waals surface area contributed by atoms with Crippen LogP contribution >= 0.6 is 11.3 Å². The third-order valence-electron chi connectivity index (χ3n) is 4.37. The summed E-state index contributed by atoms with van der Waals surface area (Å²) < 4.78 is 12.2. The van der Waals surface area contributed by atoms with Crippen LogP contribution in [0.1, 0.15) is 18.1 Å². The van der Waals surface area contributed by atoms with Gasteiger partial charge in [0.05, 0.1) is 18.4 Å². The fourth-order valence-electron chi connectivity index (χ4n) is 3.14. The number of para-hydroxylation sites is 1. The molecule has 3 aromatic rings. The maximum atomic E-state index is 5.71. The second kappa shape index (κ2) is 6.32. The molecule has 4 nitrogen and oxygen atoms in total. The lowest BCUT2D eigenvalue weighted by Gasteiger charge is -2.28. The van der Waals surface area contributed by atoms with Gasteiger partial charge in [0.2, 0.25) is 0 Å². The number of thiazole rings is 1. The van der Waals surface area contributed by atoms with E-state index in [9.17, 15) is 0 Å². The van der Waals surface area contributed by atoms with Crippen molar-refractivity contribution < 1.29 is 9.47 Å². The summed E-state index contributed by atoms with van der Waals surface area (Å²) in [5.41, 5.74) is 3.70. The third-order valence-corrected chi connectivity index (χ3v) is 5.45. The van der Waals surface area contributed by atoms with Gasteiger partial charge >= 0.3 is 0 Å². The van der Waals surface area contributed by atoms with Crippen LogP contribution in [0, 0.1) is 0 Å². The lowest BCUT2D eigenvalue weighted by Crippen LogP contribution is -2.30. The number of nitrogens with zero attached hydrogens (tertiary/aromatic N) is 2. The monoisotopic (exact) mass is 340 g/mol. The van der Waals surface area contributed by atoms with Gasteiger partial charge in [0.25, 0.3) is 0 Å². The Bertz CT molecular complexity index is 875. The number of ether oxygens (including phenoxy) is 2. The molecule has 0 saturated heterocycles.